The highest BCUT2D eigenvalue weighted by Crippen LogP contribution is 2.25. The van der Waals surface area contributed by atoms with Crippen LogP contribution < -0.4 is 4.74 Å². The van der Waals surface area contributed by atoms with E-state index in [1.807, 2.05) is 30.4 Å². The first-order valence-corrected chi connectivity index (χ1v) is 4.48. The third-order valence-corrected chi connectivity index (χ3v) is 2.19. The molecule has 0 bridgehead atoms. The van der Waals surface area contributed by atoms with Crippen molar-refractivity contribution < 1.29 is 4.74 Å². The summed E-state index contributed by atoms with van der Waals surface area (Å²) in [5, 5.41) is 1.02. The van der Waals surface area contributed by atoms with Crippen LogP contribution in [0.15, 0.2) is 30.5 Å². The molecule has 3 rings (SSSR count). The van der Waals surface area contributed by atoms with Gasteiger partial charge in [-0.05, 0) is 30.4 Å². The third-order valence-electron chi connectivity index (χ3n) is 2.19. The minimum Gasteiger partial charge on any atom is -0.487 e. The lowest BCUT2D eigenvalue weighted by Gasteiger charge is -2.11. The Morgan fingerprint density at radius 1 is 1.36 bits per heavy atom. The highest BCUT2D eigenvalue weighted by molar-refractivity contribution is 5.78. The summed E-state index contributed by atoms with van der Waals surface area (Å²) in [6, 6.07) is 5.86. The fourth-order valence-corrected chi connectivity index (χ4v) is 1.53. The maximum atomic E-state index is 5.45. The predicted molar refractivity (Wildman–Crippen MR) is 54.1 cm³/mol. The molecular weight excluding hydrogens is 176 g/mol. The molecule has 1 aliphatic heterocycles. The van der Waals surface area contributed by atoms with Crippen LogP contribution in [-0.2, 0) is 0 Å². The number of ether oxygens (including phenoxy) is 1. The van der Waals surface area contributed by atoms with Gasteiger partial charge in [0.15, 0.2) is 5.65 Å². The summed E-state index contributed by atoms with van der Waals surface area (Å²) in [4.78, 5) is 8.58. The van der Waals surface area contributed by atoms with E-state index in [1.165, 1.54) is 0 Å². The molecule has 0 spiro atoms. The van der Waals surface area contributed by atoms with Gasteiger partial charge in [0.25, 0.3) is 0 Å². The normalized spacial score (nSPS) is 13.7. The maximum Gasteiger partial charge on any atom is 0.160 e. The van der Waals surface area contributed by atoms with Crippen molar-refractivity contribution in [1.29, 1.82) is 0 Å². The van der Waals surface area contributed by atoms with Gasteiger partial charge in [-0.3, -0.25) is 0 Å². The van der Waals surface area contributed by atoms with E-state index in [0.717, 1.165) is 22.5 Å². The van der Waals surface area contributed by atoms with Crippen LogP contribution in [0.3, 0.4) is 0 Å². The first kappa shape index (κ1) is 7.50. The van der Waals surface area contributed by atoms with E-state index in [0.29, 0.717) is 6.61 Å². The molecule has 0 aliphatic carbocycles. The van der Waals surface area contributed by atoms with Crippen molar-refractivity contribution in [2.24, 2.45) is 0 Å². The standard InChI is InChI=1S/C11H8N2O/c1-3-8-7-10-9(4-2-6-14-10)13-11(8)12-5-1/h1-5,7H,6H2. The van der Waals surface area contributed by atoms with Crippen molar-refractivity contribution in [1.82, 2.24) is 9.97 Å². The molecule has 0 radical (unpaired) electrons. The zero-order valence-corrected chi connectivity index (χ0v) is 7.47. The van der Waals surface area contributed by atoms with Gasteiger partial charge in [-0.1, -0.05) is 0 Å². The lowest BCUT2D eigenvalue weighted by molar-refractivity contribution is 0.357. The summed E-state index contributed by atoms with van der Waals surface area (Å²) in [5.41, 5.74) is 1.63. The minimum absolute atomic E-state index is 0.625. The van der Waals surface area contributed by atoms with Crippen LogP contribution in [0.4, 0.5) is 0 Å². The molecule has 0 N–H and O–H groups in total. The number of rotatable bonds is 0. The number of fused-ring (bicyclic) bond motifs is 2. The Labute approximate surface area is 81.1 Å². The first-order chi connectivity index (χ1) is 6.93. The number of aromatic nitrogens is 2. The maximum absolute atomic E-state index is 5.45. The van der Waals surface area contributed by atoms with Gasteiger partial charge in [0.1, 0.15) is 18.1 Å². The molecule has 0 amide bonds. The van der Waals surface area contributed by atoms with Gasteiger partial charge < -0.3 is 4.74 Å². The Bertz CT molecular complexity index is 520. The summed E-state index contributed by atoms with van der Waals surface area (Å²) in [5.74, 6) is 0.841. The topological polar surface area (TPSA) is 35.0 Å². The highest BCUT2D eigenvalue weighted by atomic mass is 16.5. The van der Waals surface area contributed by atoms with Gasteiger partial charge >= 0.3 is 0 Å². The van der Waals surface area contributed by atoms with Crippen LogP contribution in [0.1, 0.15) is 5.69 Å². The molecule has 1 aliphatic rings. The van der Waals surface area contributed by atoms with Crippen molar-refractivity contribution in [3.05, 3.63) is 36.2 Å². The van der Waals surface area contributed by atoms with Crippen LogP contribution in [-0.4, -0.2) is 16.6 Å². The van der Waals surface area contributed by atoms with Gasteiger partial charge in [0.2, 0.25) is 0 Å². The molecule has 68 valence electrons. The van der Waals surface area contributed by atoms with E-state index in [9.17, 15) is 0 Å². The molecule has 0 saturated carbocycles. The average molecular weight is 184 g/mol. The second-order valence-corrected chi connectivity index (χ2v) is 3.14. The largest absolute Gasteiger partial charge is 0.487 e. The zero-order chi connectivity index (χ0) is 9.38. The molecule has 0 aromatic carbocycles. The van der Waals surface area contributed by atoms with Gasteiger partial charge in [-0.2, -0.15) is 0 Å². The predicted octanol–water partition coefficient (Wildman–Crippen LogP) is 2.04. The lowest BCUT2D eigenvalue weighted by atomic mass is 10.2. The zero-order valence-electron chi connectivity index (χ0n) is 7.47. The van der Waals surface area contributed by atoms with E-state index in [4.69, 9.17) is 4.74 Å². The van der Waals surface area contributed by atoms with Crippen LogP contribution in [0.2, 0.25) is 0 Å². The summed E-state index contributed by atoms with van der Waals surface area (Å²) in [6.45, 7) is 0.625. The van der Waals surface area contributed by atoms with E-state index in [2.05, 4.69) is 9.97 Å². The molecule has 0 fully saturated rings. The Morgan fingerprint density at radius 3 is 3.36 bits per heavy atom. The van der Waals surface area contributed by atoms with Crippen LogP contribution in [0, 0.1) is 0 Å². The van der Waals surface area contributed by atoms with Crippen molar-refractivity contribution in [2.75, 3.05) is 6.61 Å². The first-order valence-electron chi connectivity index (χ1n) is 4.48. The Hall–Kier alpha value is -1.90. The van der Waals surface area contributed by atoms with Gasteiger partial charge in [-0.25, -0.2) is 9.97 Å². The average Bonchev–Trinajstić information content (AvgIpc) is 2.26. The monoisotopic (exact) mass is 184 g/mol. The van der Waals surface area contributed by atoms with E-state index >= 15 is 0 Å². The molecular formula is C11H8N2O. The number of nitrogens with zero attached hydrogens (tertiary/aromatic N) is 2. The molecule has 2 aromatic heterocycles. The van der Waals surface area contributed by atoms with Crippen molar-refractivity contribution in [2.45, 2.75) is 0 Å². The molecule has 0 saturated heterocycles. The molecule has 2 aromatic rings. The fourth-order valence-electron chi connectivity index (χ4n) is 1.53. The Balaban J connectivity index is 2.34. The van der Waals surface area contributed by atoms with Crippen molar-refractivity contribution >= 4 is 17.1 Å². The molecule has 3 heteroatoms. The second-order valence-electron chi connectivity index (χ2n) is 3.14. The molecule has 14 heavy (non-hydrogen) atoms. The Kier molecular flexibility index (Phi) is 1.50. The van der Waals surface area contributed by atoms with Crippen molar-refractivity contribution in [3.63, 3.8) is 0 Å². The van der Waals surface area contributed by atoms with Crippen LogP contribution in [0.5, 0.6) is 5.75 Å². The second kappa shape index (κ2) is 2.80. The van der Waals surface area contributed by atoms with Gasteiger partial charge in [0.05, 0.1) is 0 Å². The van der Waals surface area contributed by atoms with Crippen LogP contribution in [0.25, 0.3) is 17.1 Å². The number of hydrogen-bond donors (Lipinski definition) is 0. The smallest absolute Gasteiger partial charge is 0.160 e. The van der Waals surface area contributed by atoms with Gasteiger partial charge in [-0.15, -0.1) is 0 Å². The summed E-state index contributed by atoms with van der Waals surface area (Å²) in [7, 11) is 0. The summed E-state index contributed by atoms with van der Waals surface area (Å²) in [6.07, 6.45) is 5.66. The quantitative estimate of drug-likeness (QED) is 0.628. The van der Waals surface area contributed by atoms with E-state index < -0.39 is 0 Å². The van der Waals surface area contributed by atoms with Crippen molar-refractivity contribution in [3.8, 4) is 5.75 Å². The SMILES string of the molecule is C1=Cc2nc3ncccc3cc2OC1. The molecule has 0 atom stereocenters. The number of pyridine rings is 2. The Morgan fingerprint density at radius 2 is 2.36 bits per heavy atom. The fraction of sp³-hybridized carbons (Fsp3) is 0.0909. The minimum atomic E-state index is 0.625. The molecule has 3 nitrogen and oxygen atoms in total. The number of hydrogen-bond acceptors (Lipinski definition) is 3. The lowest BCUT2D eigenvalue weighted by Crippen LogP contribution is -2.02. The highest BCUT2D eigenvalue weighted by Gasteiger charge is 2.08. The van der Waals surface area contributed by atoms with E-state index in [1.54, 1.807) is 6.20 Å². The molecule has 0 unspecified atom stereocenters. The van der Waals surface area contributed by atoms with Crippen LogP contribution >= 0.6 is 0 Å². The van der Waals surface area contributed by atoms with Gasteiger partial charge in [0, 0.05) is 11.6 Å². The molecule has 3 heterocycles. The summed E-state index contributed by atoms with van der Waals surface area (Å²) < 4.78 is 5.45. The van der Waals surface area contributed by atoms with E-state index in [-0.39, 0.29) is 0 Å². The summed E-state index contributed by atoms with van der Waals surface area (Å²) >= 11 is 0. The third kappa shape index (κ3) is 1.06.